The summed E-state index contributed by atoms with van der Waals surface area (Å²) in [6.07, 6.45) is 3.60. The number of methoxy groups -OCH3 is 2. The molecule has 1 saturated heterocycles. The molecule has 196 valence electrons. The number of hydrogen-bond acceptors (Lipinski definition) is 6. The van der Waals surface area contributed by atoms with Crippen molar-refractivity contribution in [2.75, 3.05) is 45.8 Å². The zero-order chi connectivity index (χ0) is 26.2. The van der Waals surface area contributed by atoms with Crippen LogP contribution in [-0.2, 0) is 9.53 Å². The number of ether oxygens (including phenoxy) is 3. The maximum atomic E-state index is 13.2. The van der Waals surface area contributed by atoms with Gasteiger partial charge in [0.1, 0.15) is 18.0 Å². The number of carbonyl (C=O) groups excluding carboxylic acids is 2. The summed E-state index contributed by atoms with van der Waals surface area (Å²) in [6.45, 7) is 3.21. The van der Waals surface area contributed by atoms with Crippen molar-refractivity contribution in [2.45, 2.75) is 25.9 Å². The van der Waals surface area contributed by atoms with Crippen molar-refractivity contribution < 1.29 is 23.8 Å². The first-order chi connectivity index (χ1) is 18.0. The molecule has 37 heavy (non-hydrogen) atoms. The van der Waals surface area contributed by atoms with Gasteiger partial charge in [-0.15, -0.1) is 0 Å². The Morgan fingerprint density at radius 1 is 1.08 bits per heavy atom. The second kappa shape index (κ2) is 12.3. The van der Waals surface area contributed by atoms with Crippen molar-refractivity contribution >= 4 is 17.9 Å². The Bertz CT molecular complexity index is 1190. The van der Waals surface area contributed by atoms with E-state index in [1.165, 1.54) is 4.90 Å². The highest BCUT2D eigenvalue weighted by molar-refractivity contribution is 5.93. The van der Waals surface area contributed by atoms with Gasteiger partial charge in [-0.2, -0.15) is 0 Å². The number of imidazole rings is 1. The Balaban J connectivity index is 1.58. The highest BCUT2D eigenvalue weighted by Gasteiger charge is 2.25. The van der Waals surface area contributed by atoms with Gasteiger partial charge in [-0.05, 0) is 68.3 Å². The van der Waals surface area contributed by atoms with E-state index in [0.29, 0.717) is 31.3 Å². The molecule has 3 aromatic rings. The first kappa shape index (κ1) is 26.0. The van der Waals surface area contributed by atoms with E-state index in [1.807, 2.05) is 61.7 Å². The number of nitrogens with zero attached hydrogens (tertiary/aromatic N) is 3. The van der Waals surface area contributed by atoms with Gasteiger partial charge in [0.25, 0.3) is 0 Å². The average Bonchev–Trinajstić information content (AvgIpc) is 3.59. The lowest BCUT2D eigenvalue weighted by molar-refractivity contribution is -0.117. The van der Waals surface area contributed by atoms with E-state index in [0.717, 1.165) is 35.6 Å². The summed E-state index contributed by atoms with van der Waals surface area (Å²) in [7, 11) is 3.22. The van der Waals surface area contributed by atoms with Crippen LogP contribution in [0, 0.1) is 0 Å². The fourth-order valence-electron chi connectivity index (χ4n) is 4.16. The molecule has 0 spiro atoms. The number of anilines is 1. The minimum atomic E-state index is -0.356. The summed E-state index contributed by atoms with van der Waals surface area (Å²) >= 11 is 0. The van der Waals surface area contributed by atoms with Crippen LogP contribution in [-0.4, -0.2) is 73.0 Å². The van der Waals surface area contributed by atoms with E-state index >= 15 is 0 Å². The molecule has 0 aliphatic carbocycles. The van der Waals surface area contributed by atoms with Crippen molar-refractivity contribution in [1.82, 2.24) is 19.8 Å². The summed E-state index contributed by atoms with van der Waals surface area (Å²) in [6, 6.07) is 14.7. The van der Waals surface area contributed by atoms with E-state index in [2.05, 4.69) is 10.6 Å². The molecule has 1 aromatic heterocycles. The van der Waals surface area contributed by atoms with Gasteiger partial charge in [0.15, 0.2) is 0 Å². The van der Waals surface area contributed by atoms with Crippen LogP contribution < -0.4 is 20.1 Å². The molecule has 0 saturated carbocycles. The van der Waals surface area contributed by atoms with Gasteiger partial charge in [0.05, 0.1) is 26.0 Å². The monoisotopic (exact) mass is 507 g/mol. The first-order valence-electron chi connectivity index (χ1n) is 12.3. The Morgan fingerprint density at radius 3 is 2.35 bits per heavy atom. The Kier molecular flexibility index (Phi) is 8.63. The lowest BCUT2D eigenvalue weighted by atomic mass is 10.1. The summed E-state index contributed by atoms with van der Waals surface area (Å²) in [5, 5.41) is 5.68. The smallest absolute Gasteiger partial charge is 0.317 e. The van der Waals surface area contributed by atoms with Crippen molar-refractivity contribution in [1.29, 1.82) is 0 Å². The SMILES string of the molecule is CCNC(=O)N(CC(=O)Nc1nc(-c2ccc(OC)cc2)cn1-c1ccc(OC)cc1)CC1CCCO1. The van der Waals surface area contributed by atoms with Crippen LogP contribution in [0.3, 0.4) is 0 Å². The third kappa shape index (κ3) is 6.59. The molecule has 2 aromatic carbocycles. The van der Waals surface area contributed by atoms with E-state index in [4.69, 9.17) is 19.2 Å². The fraction of sp³-hybridized carbons (Fsp3) is 0.370. The molecule has 1 atom stereocenters. The molecule has 1 aliphatic rings. The molecule has 4 rings (SSSR count). The van der Waals surface area contributed by atoms with Crippen LogP contribution in [0.4, 0.5) is 10.7 Å². The number of carbonyl (C=O) groups is 2. The van der Waals surface area contributed by atoms with E-state index in [-0.39, 0.29) is 24.6 Å². The van der Waals surface area contributed by atoms with Crippen molar-refractivity contribution in [3.05, 3.63) is 54.7 Å². The molecule has 1 unspecified atom stereocenters. The number of nitrogens with one attached hydrogen (secondary N) is 2. The minimum absolute atomic E-state index is 0.0710. The van der Waals surface area contributed by atoms with Gasteiger partial charge >= 0.3 is 6.03 Å². The lowest BCUT2D eigenvalue weighted by Crippen LogP contribution is -2.47. The van der Waals surface area contributed by atoms with Crippen LogP contribution in [0.1, 0.15) is 19.8 Å². The van der Waals surface area contributed by atoms with Gasteiger partial charge in [0, 0.05) is 37.1 Å². The van der Waals surface area contributed by atoms with E-state index in [1.54, 1.807) is 18.8 Å². The van der Waals surface area contributed by atoms with Crippen molar-refractivity contribution in [2.24, 2.45) is 0 Å². The van der Waals surface area contributed by atoms with Crippen LogP contribution in [0.5, 0.6) is 11.5 Å². The molecule has 2 N–H and O–H groups in total. The Hall–Kier alpha value is -4.05. The molecule has 2 heterocycles. The van der Waals surface area contributed by atoms with Crippen molar-refractivity contribution in [3.63, 3.8) is 0 Å². The van der Waals surface area contributed by atoms with Crippen LogP contribution in [0.15, 0.2) is 54.7 Å². The van der Waals surface area contributed by atoms with Gasteiger partial charge < -0.3 is 24.4 Å². The zero-order valence-corrected chi connectivity index (χ0v) is 21.4. The molecular weight excluding hydrogens is 474 g/mol. The summed E-state index contributed by atoms with van der Waals surface area (Å²) in [5.74, 6) is 1.44. The normalized spacial score (nSPS) is 14.7. The number of aromatic nitrogens is 2. The maximum absolute atomic E-state index is 13.2. The van der Waals surface area contributed by atoms with Crippen LogP contribution in [0.2, 0.25) is 0 Å². The number of rotatable bonds is 10. The second-order valence-electron chi connectivity index (χ2n) is 8.65. The number of benzene rings is 2. The molecular formula is C27H33N5O5. The van der Waals surface area contributed by atoms with Crippen LogP contribution in [0.25, 0.3) is 16.9 Å². The molecule has 1 aliphatic heterocycles. The topological polar surface area (TPSA) is 107 Å². The average molecular weight is 508 g/mol. The number of urea groups is 1. The largest absolute Gasteiger partial charge is 0.497 e. The predicted molar refractivity (Wildman–Crippen MR) is 140 cm³/mol. The lowest BCUT2D eigenvalue weighted by Gasteiger charge is -2.25. The Morgan fingerprint density at radius 2 is 1.76 bits per heavy atom. The molecule has 3 amide bonds. The maximum Gasteiger partial charge on any atom is 0.317 e. The zero-order valence-electron chi connectivity index (χ0n) is 21.4. The van der Waals surface area contributed by atoms with Gasteiger partial charge in [-0.25, -0.2) is 9.78 Å². The molecule has 1 fully saturated rings. The first-order valence-corrected chi connectivity index (χ1v) is 12.3. The minimum Gasteiger partial charge on any atom is -0.497 e. The summed E-state index contributed by atoms with van der Waals surface area (Å²) in [5.41, 5.74) is 2.34. The molecule has 0 bridgehead atoms. The number of amides is 3. The standard InChI is InChI=1S/C27H33N5O5/c1-4-28-27(34)31(16-23-6-5-15-37-23)18-25(33)30-26-29-24(19-7-11-21(35-2)12-8-19)17-32(26)20-9-13-22(36-3)14-10-20/h7-14,17,23H,4-6,15-16,18H2,1-3H3,(H,28,34)(H,29,30,33). The van der Waals surface area contributed by atoms with Crippen LogP contribution >= 0.6 is 0 Å². The van der Waals surface area contributed by atoms with Crippen molar-refractivity contribution in [3.8, 4) is 28.4 Å². The molecule has 10 nitrogen and oxygen atoms in total. The second-order valence-corrected chi connectivity index (χ2v) is 8.65. The quantitative estimate of drug-likeness (QED) is 0.433. The summed E-state index contributed by atoms with van der Waals surface area (Å²) in [4.78, 5) is 32.0. The molecule has 0 radical (unpaired) electrons. The van der Waals surface area contributed by atoms with E-state index < -0.39 is 0 Å². The van der Waals surface area contributed by atoms with Gasteiger partial charge in [-0.1, -0.05) is 0 Å². The fourth-order valence-corrected chi connectivity index (χ4v) is 4.16. The third-order valence-electron chi connectivity index (χ3n) is 6.09. The Labute approximate surface area is 216 Å². The van der Waals surface area contributed by atoms with Gasteiger partial charge in [0.2, 0.25) is 11.9 Å². The highest BCUT2D eigenvalue weighted by Crippen LogP contribution is 2.27. The summed E-state index contributed by atoms with van der Waals surface area (Å²) < 4.78 is 18.0. The molecule has 10 heteroatoms. The van der Waals surface area contributed by atoms with E-state index in [9.17, 15) is 9.59 Å². The highest BCUT2D eigenvalue weighted by atomic mass is 16.5. The van der Waals surface area contributed by atoms with Gasteiger partial charge in [-0.3, -0.25) is 14.7 Å². The number of hydrogen-bond donors (Lipinski definition) is 2. The third-order valence-corrected chi connectivity index (χ3v) is 6.09. The predicted octanol–water partition coefficient (Wildman–Crippen LogP) is 3.71.